The van der Waals surface area contributed by atoms with E-state index in [1.807, 2.05) is 6.26 Å². The zero-order chi connectivity index (χ0) is 13.1. The van der Waals surface area contributed by atoms with Gasteiger partial charge in [-0.25, -0.2) is 4.98 Å². The third kappa shape index (κ3) is 4.16. The summed E-state index contributed by atoms with van der Waals surface area (Å²) in [5, 5.41) is 13.7. The number of rotatable bonds is 5. The van der Waals surface area contributed by atoms with Crippen molar-refractivity contribution in [2.45, 2.75) is 18.6 Å². The van der Waals surface area contributed by atoms with Crippen LogP contribution in [0.2, 0.25) is 0 Å². The SMILES string of the molecule is CSC(C)(C)CNc1ncc([N+](=O)[O-])cc1Br. The molecule has 0 spiro atoms. The molecule has 17 heavy (non-hydrogen) atoms. The van der Waals surface area contributed by atoms with Crippen molar-refractivity contribution < 1.29 is 4.92 Å². The van der Waals surface area contributed by atoms with Crippen LogP contribution < -0.4 is 5.32 Å². The lowest BCUT2D eigenvalue weighted by Crippen LogP contribution is -2.26. The lowest BCUT2D eigenvalue weighted by molar-refractivity contribution is -0.385. The van der Waals surface area contributed by atoms with E-state index in [1.54, 1.807) is 11.8 Å². The number of anilines is 1. The van der Waals surface area contributed by atoms with Crippen LogP contribution in [0.1, 0.15) is 13.8 Å². The van der Waals surface area contributed by atoms with Gasteiger partial charge in [0.2, 0.25) is 0 Å². The summed E-state index contributed by atoms with van der Waals surface area (Å²) in [7, 11) is 0. The standard InChI is InChI=1S/C10H14BrN3O2S/c1-10(2,17-3)6-13-9-8(11)4-7(5-12-9)14(15)16/h4-5H,6H2,1-3H3,(H,12,13). The van der Waals surface area contributed by atoms with Gasteiger partial charge in [-0.2, -0.15) is 11.8 Å². The largest absolute Gasteiger partial charge is 0.368 e. The van der Waals surface area contributed by atoms with E-state index in [0.717, 1.165) is 6.54 Å². The number of nitrogens with one attached hydrogen (secondary N) is 1. The summed E-state index contributed by atoms with van der Waals surface area (Å²) in [6.45, 7) is 4.96. The molecule has 5 nitrogen and oxygen atoms in total. The van der Waals surface area contributed by atoms with Crippen LogP contribution in [0.5, 0.6) is 0 Å². The maximum absolute atomic E-state index is 10.5. The van der Waals surface area contributed by atoms with Crippen LogP contribution in [0.4, 0.5) is 11.5 Å². The second-order valence-corrected chi connectivity index (χ2v) is 6.47. The van der Waals surface area contributed by atoms with Gasteiger partial charge in [0.15, 0.2) is 0 Å². The third-order valence-electron chi connectivity index (χ3n) is 2.27. The van der Waals surface area contributed by atoms with Gasteiger partial charge in [-0.3, -0.25) is 10.1 Å². The van der Waals surface area contributed by atoms with Crippen molar-refractivity contribution in [2.24, 2.45) is 0 Å². The molecule has 94 valence electrons. The highest BCUT2D eigenvalue weighted by atomic mass is 79.9. The monoisotopic (exact) mass is 319 g/mol. The molecule has 0 aliphatic carbocycles. The molecular weight excluding hydrogens is 306 g/mol. The molecule has 0 radical (unpaired) electrons. The van der Waals surface area contributed by atoms with E-state index < -0.39 is 4.92 Å². The van der Waals surface area contributed by atoms with Crippen LogP contribution in [-0.2, 0) is 0 Å². The number of hydrogen-bond acceptors (Lipinski definition) is 5. The quantitative estimate of drug-likeness (QED) is 0.666. The first-order valence-electron chi connectivity index (χ1n) is 4.95. The number of halogens is 1. The van der Waals surface area contributed by atoms with Crippen LogP contribution in [0.15, 0.2) is 16.7 Å². The molecule has 0 amide bonds. The number of thioether (sulfide) groups is 1. The molecule has 1 heterocycles. The molecule has 1 rings (SSSR count). The molecule has 0 fully saturated rings. The first-order chi connectivity index (χ1) is 7.85. The number of aromatic nitrogens is 1. The third-order valence-corrected chi connectivity index (χ3v) is 4.13. The fourth-order valence-electron chi connectivity index (χ4n) is 1.03. The maximum atomic E-state index is 10.5. The molecule has 7 heteroatoms. The van der Waals surface area contributed by atoms with Crippen LogP contribution in [0.3, 0.4) is 0 Å². The first-order valence-corrected chi connectivity index (χ1v) is 6.96. The van der Waals surface area contributed by atoms with Crippen LogP contribution >= 0.6 is 27.7 Å². The highest BCUT2D eigenvalue weighted by molar-refractivity contribution is 9.10. The Bertz CT molecular complexity index is 426. The van der Waals surface area contributed by atoms with E-state index >= 15 is 0 Å². The lowest BCUT2D eigenvalue weighted by Gasteiger charge is -2.22. The second kappa shape index (κ2) is 5.68. The van der Waals surface area contributed by atoms with Gasteiger partial charge < -0.3 is 5.32 Å². The van der Waals surface area contributed by atoms with E-state index in [2.05, 4.69) is 40.1 Å². The van der Waals surface area contributed by atoms with Crippen LogP contribution in [0, 0.1) is 10.1 Å². The van der Waals surface area contributed by atoms with Gasteiger partial charge >= 0.3 is 0 Å². The average molecular weight is 320 g/mol. The fraction of sp³-hybridized carbons (Fsp3) is 0.500. The molecule has 0 aromatic carbocycles. The van der Waals surface area contributed by atoms with Gasteiger partial charge in [-0.15, -0.1) is 0 Å². The van der Waals surface area contributed by atoms with Crippen molar-refractivity contribution in [1.82, 2.24) is 4.98 Å². The summed E-state index contributed by atoms with van der Waals surface area (Å²) < 4.78 is 0.687. The van der Waals surface area contributed by atoms with Crippen LogP contribution in [-0.4, -0.2) is 27.5 Å². The maximum Gasteiger partial charge on any atom is 0.288 e. The van der Waals surface area contributed by atoms with Crippen molar-refractivity contribution in [3.05, 3.63) is 26.9 Å². The topological polar surface area (TPSA) is 68.1 Å². The van der Waals surface area contributed by atoms with Gasteiger partial charge in [0.1, 0.15) is 12.0 Å². The average Bonchev–Trinajstić information content (AvgIpc) is 2.27. The highest BCUT2D eigenvalue weighted by Gasteiger charge is 2.17. The van der Waals surface area contributed by atoms with Gasteiger partial charge in [-0.1, -0.05) is 0 Å². The Morgan fingerprint density at radius 3 is 2.76 bits per heavy atom. The molecular formula is C10H14BrN3O2S. The molecule has 1 aromatic heterocycles. The summed E-state index contributed by atoms with van der Waals surface area (Å²) in [6.07, 6.45) is 3.29. The minimum Gasteiger partial charge on any atom is -0.368 e. The normalized spacial score (nSPS) is 11.3. The predicted octanol–water partition coefficient (Wildman–Crippen LogP) is 3.31. The molecule has 0 unspecified atom stereocenters. The first kappa shape index (κ1) is 14.2. The summed E-state index contributed by atoms with van der Waals surface area (Å²) in [5.74, 6) is 0.623. The molecule has 0 saturated carbocycles. The molecule has 0 bridgehead atoms. The Labute approximate surface area is 113 Å². The Morgan fingerprint density at radius 2 is 2.29 bits per heavy atom. The van der Waals surface area contributed by atoms with Crippen molar-refractivity contribution in [2.75, 3.05) is 18.1 Å². The summed E-state index contributed by atoms with van der Waals surface area (Å²) in [5.41, 5.74) is -0.0217. The van der Waals surface area contributed by atoms with E-state index in [1.165, 1.54) is 12.3 Å². The highest BCUT2D eigenvalue weighted by Crippen LogP contribution is 2.26. The summed E-state index contributed by atoms with van der Waals surface area (Å²) in [6, 6.07) is 1.45. The van der Waals surface area contributed by atoms with Gasteiger partial charge in [0.25, 0.3) is 5.69 Å². The minimum atomic E-state index is -0.465. The molecule has 0 aliphatic rings. The number of nitrogens with zero attached hydrogens (tertiary/aromatic N) is 2. The van der Waals surface area contributed by atoms with Crippen LogP contribution in [0.25, 0.3) is 0 Å². The Kier molecular flexibility index (Phi) is 4.76. The molecule has 0 atom stereocenters. The predicted molar refractivity (Wildman–Crippen MR) is 74.7 cm³/mol. The van der Waals surface area contributed by atoms with E-state index in [0.29, 0.717) is 10.3 Å². The van der Waals surface area contributed by atoms with E-state index in [4.69, 9.17) is 0 Å². The Hall–Kier alpha value is -0.820. The fourth-order valence-corrected chi connectivity index (χ4v) is 1.72. The molecule has 1 N–H and O–H groups in total. The smallest absolute Gasteiger partial charge is 0.288 e. The summed E-state index contributed by atoms with van der Waals surface area (Å²) in [4.78, 5) is 14.1. The van der Waals surface area contributed by atoms with Crippen molar-refractivity contribution in [3.63, 3.8) is 0 Å². The van der Waals surface area contributed by atoms with Crippen molar-refractivity contribution >= 4 is 39.2 Å². The lowest BCUT2D eigenvalue weighted by atomic mass is 10.2. The Morgan fingerprint density at radius 1 is 1.65 bits per heavy atom. The zero-order valence-corrected chi connectivity index (χ0v) is 12.3. The second-order valence-electron chi connectivity index (χ2n) is 4.10. The van der Waals surface area contributed by atoms with E-state index in [-0.39, 0.29) is 10.4 Å². The number of nitro groups is 1. The minimum absolute atomic E-state index is 0.0217. The molecule has 1 aromatic rings. The van der Waals surface area contributed by atoms with Gasteiger partial charge in [0, 0.05) is 17.4 Å². The summed E-state index contributed by atoms with van der Waals surface area (Å²) >= 11 is 5.02. The molecule has 0 aliphatic heterocycles. The number of hydrogen-bond donors (Lipinski definition) is 1. The van der Waals surface area contributed by atoms with E-state index in [9.17, 15) is 10.1 Å². The van der Waals surface area contributed by atoms with Crippen molar-refractivity contribution in [3.8, 4) is 0 Å². The van der Waals surface area contributed by atoms with Gasteiger partial charge in [0.05, 0.1) is 9.40 Å². The number of pyridine rings is 1. The zero-order valence-electron chi connectivity index (χ0n) is 9.86. The van der Waals surface area contributed by atoms with Gasteiger partial charge in [-0.05, 0) is 36.0 Å². The molecule has 0 saturated heterocycles. The Balaban J connectivity index is 2.77. The van der Waals surface area contributed by atoms with Crippen molar-refractivity contribution in [1.29, 1.82) is 0 Å².